The van der Waals surface area contributed by atoms with E-state index in [0.29, 0.717) is 24.3 Å². The highest BCUT2D eigenvalue weighted by Gasteiger charge is 2.35. The number of cyclic esters (lactones) is 1. The molecule has 0 bridgehead atoms. The van der Waals surface area contributed by atoms with Gasteiger partial charge in [0.25, 0.3) is 0 Å². The summed E-state index contributed by atoms with van der Waals surface area (Å²) in [6.45, 7) is 2.22. The zero-order valence-corrected chi connectivity index (χ0v) is 13.3. The van der Waals surface area contributed by atoms with Crippen LogP contribution in [0.5, 0.6) is 5.75 Å². The van der Waals surface area contributed by atoms with Crippen molar-refractivity contribution in [2.24, 2.45) is 0 Å². The summed E-state index contributed by atoms with van der Waals surface area (Å²) in [6.07, 6.45) is -0.645. The standard InChI is InChI=1S/C19H18O5/c1-13-11-17(19(21)23-13)24-18(20)15-7-9-16(10-8-15)22-12-14-5-3-2-4-6-14/h2-10,13,17H,11-12H2,1H3. The molecule has 2 aromatic carbocycles. The maximum atomic E-state index is 12.1. The minimum Gasteiger partial charge on any atom is -0.489 e. The van der Waals surface area contributed by atoms with Gasteiger partial charge in [0, 0.05) is 6.42 Å². The van der Waals surface area contributed by atoms with Gasteiger partial charge in [-0.15, -0.1) is 0 Å². The molecule has 0 amide bonds. The van der Waals surface area contributed by atoms with Crippen molar-refractivity contribution in [3.63, 3.8) is 0 Å². The fourth-order valence-electron chi connectivity index (χ4n) is 2.44. The van der Waals surface area contributed by atoms with Crippen LogP contribution in [0.4, 0.5) is 0 Å². The summed E-state index contributed by atoms with van der Waals surface area (Å²) in [5.41, 5.74) is 1.43. The molecular formula is C19H18O5. The second kappa shape index (κ2) is 7.17. The van der Waals surface area contributed by atoms with Gasteiger partial charge in [-0.2, -0.15) is 0 Å². The Morgan fingerprint density at radius 1 is 1.12 bits per heavy atom. The van der Waals surface area contributed by atoms with Gasteiger partial charge in [-0.1, -0.05) is 30.3 Å². The van der Waals surface area contributed by atoms with Crippen LogP contribution in [0.1, 0.15) is 29.3 Å². The summed E-state index contributed by atoms with van der Waals surface area (Å²) >= 11 is 0. The van der Waals surface area contributed by atoms with E-state index in [1.54, 1.807) is 31.2 Å². The molecular weight excluding hydrogens is 308 g/mol. The van der Waals surface area contributed by atoms with Crippen molar-refractivity contribution < 1.29 is 23.8 Å². The highest BCUT2D eigenvalue weighted by molar-refractivity contribution is 5.91. The van der Waals surface area contributed by atoms with E-state index in [2.05, 4.69) is 0 Å². The minimum absolute atomic E-state index is 0.218. The highest BCUT2D eigenvalue weighted by Crippen LogP contribution is 2.20. The lowest BCUT2D eigenvalue weighted by atomic mass is 10.2. The number of esters is 2. The van der Waals surface area contributed by atoms with Crippen molar-refractivity contribution >= 4 is 11.9 Å². The molecule has 124 valence electrons. The lowest BCUT2D eigenvalue weighted by molar-refractivity contribution is -0.147. The van der Waals surface area contributed by atoms with E-state index in [-0.39, 0.29) is 6.10 Å². The van der Waals surface area contributed by atoms with Gasteiger partial charge in [0.1, 0.15) is 18.5 Å². The number of hydrogen-bond donors (Lipinski definition) is 0. The Morgan fingerprint density at radius 2 is 1.83 bits per heavy atom. The average Bonchev–Trinajstić information content (AvgIpc) is 2.91. The predicted molar refractivity (Wildman–Crippen MR) is 86.6 cm³/mol. The number of rotatable bonds is 5. The molecule has 0 radical (unpaired) electrons. The van der Waals surface area contributed by atoms with Crippen molar-refractivity contribution in [2.75, 3.05) is 0 Å². The van der Waals surface area contributed by atoms with E-state index in [1.807, 2.05) is 30.3 Å². The van der Waals surface area contributed by atoms with Crippen LogP contribution in [0.25, 0.3) is 0 Å². The van der Waals surface area contributed by atoms with E-state index in [0.717, 1.165) is 5.56 Å². The van der Waals surface area contributed by atoms with Gasteiger partial charge in [-0.3, -0.25) is 0 Å². The first-order valence-corrected chi connectivity index (χ1v) is 7.80. The molecule has 5 heteroatoms. The summed E-state index contributed by atoms with van der Waals surface area (Å²) in [7, 11) is 0. The van der Waals surface area contributed by atoms with E-state index in [1.165, 1.54) is 0 Å². The monoisotopic (exact) mass is 326 g/mol. The molecule has 0 saturated carbocycles. The first-order valence-electron chi connectivity index (χ1n) is 7.80. The molecule has 1 fully saturated rings. The Labute approximate surface area is 140 Å². The number of carbonyl (C=O) groups is 2. The van der Waals surface area contributed by atoms with Gasteiger partial charge in [-0.05, 0) is 36.8 Å². The smallest absolute Gasteiger partial charge is 0.347 e. The largest absolute Gasteiger partial charge is 0.489 e. The van der Waals surface area contributed by atoms with E-state index >= 15 is 0 Å². The summed E-state index contributed by atoms with van der Waals surface area (Å²) in [4.78, 5) is 23.6. The van der Waals surface area contributed by atoms with Crippen LogP contribution in [-0.2, 0) is 20.9 Å². The Kier molecular flexibility index (Phi) is 4.79. The summed E-state index contributed by atoms with van der Waals surface area (Å²) in [5, 5.41) is 0. The summed E-state index contributed by atoms with van der Waals surface area (Å²) < 4.78 is 15.8. The molecule has 1 saturated heterocycles. The molecule has 2 unspecified atom stereocenters. The normalized spacial score (nSPS) is 19.6. The van der Waals surface area contributed by atoms with Gasteiger partial charge in [0.15, 0.2) is 0 Å². The SMILES string of the molecule is CC1CC(OC(=O)c2ccc(OCc3ccccc3)cc2)C(=O)O1. The molecule has 2 aromatic rings. The fraction of sp³-hybridized carbons (Fsp3) is 0.263. The van der Waals surface area contributed by atoms with Crippen LogP contribution in [0.2, 0.25) is 0 Å². The van der Waals surface area contributed by atoms with E-state index in [4.69, 9.17) is 14.2 Å². The Bertz CT molecular complexity index is 708. The van der Waals surface area contributed by atoms with Crippen molar-refractivity contribution in [2.45, 2.75) is 32.2 Å². The second-order valence-electron chi connectivity index (χ2n) is 5.68. The third kappa shape index (κ3) is 3.93. The fourth-order valence-corrected chi connectivity index (χ4v) is 2.44. The highest BCUT2D eigenvalue weighted by atomic mass is 16.6. The molecule has 2 atom stereocenters. The lowest BCUT2D eigenvalue weighted by Gasteiger charge is -2.09. The first kappa shape index (κ1) is 16.1. The van der Waals surface area contributed by atoms with Crippen LogP contribution >= 0.6 is 0 Å². The van der Waals surface area contributed by atoms with E-state index < -0.39 is 18.0 Å². The number of benzene rings is 2. The van der Waals surface area contributed by atoms with Gasteiger partial charge < -0.3 is 14.2 Å². The Morgan fingerprint density at radius 3 is 2.46 bits per heavy atom. The quantitative estimate of drug-likeness (QED) is 0.790. The van der Waals surface area contributed by atoms with Crippen LogP contribution in [0, 0.1) is 0 Å². The molecule has 1 aliphatic heterocycles. The zero-order valence-electron chi connectivity index (χ0n) is 13.3. The lowest BCUT2D eigenvalue weighted by Crippen LogP contribution is -2.22. The van der Waals surface area contributed by atoms with Crippen LogP contribution in [0.3, 0.4) is 0 Å². The topological polar surface area (TPSA) is 61.8 Å². The van der Waals surface area contributed by atoms with Crippen molar-refractivity contribution in [3.05, 3.63) is 65.7 Å². The first-order chi connectivity index (χ1) is 11.6. The molecule has 5 nitrogen and oxygen atoms in total. The second-order valence-corrected chi connectivity index (χ2v) is 5.68. The molecule has 0 aliphatic carbocycles. The molecule has 3 rings (SSSR count). The van der Waals surface area contributed by atoms with Crippen LogP contribution < -0.4 is 4.74 Å². The Balaban J connectivity index is 1.56. The molecule has 1 heterocycles. The van der Waals surface area contributed by atoms with Crippen LogP contribution in [0.15, 0.2) is 54.6 Å². The third-order valence-electron chi connectivity index (χ3n) is 3.71. The molecule has 1 aliphatic rings. The number of carbonyl (C=O) groups excluding carboxylic acids is 2. The molecule has 24 heavy (non-hydrogen) atoms. The van der Waals surface area contributed by atoms with Gasteiger partial charge >= 0.3 is 11.9 Å². The van der Waals surface area contributed by atoms with Crippen molar-refractivity contribution in [1.82, 2.24) is 0 Å². The van der Waals surface area contributed by atoms with Crippen molar-refractivity contribution in [1.29, 1.82) is 0 Å². The molecule has 0 spiro atoms. The van der Waals surface area contributed by atoms with Gasteiger partial charge in [-0.25, -0.2) is 9.59 Å². The molecule has 0 N–H and O–H groups in total. The average molecular weight is 326 g/mol. The van der Waals surface area contributed by atoms with E-state index in [9.17, 15) is 9.59 Å². The van der Waals surface area contributed by atoms with Crippen molar-refractivity contribution in [3.8, 4) is 5.75 Å². The summed E-state index contributed by atoms with van der Waals surface area (Å²) in [6, 6.07) is 16.5. The molecule has 0 aromatic heterocycles. The zero-order chi connectivity index (χ0) is 16.9. The number of hydrogen-bond acceptors (Lipinski definition) is 5. The summed E-state index contributed by atoms with van der Waals surface area (Å²) in [5.74, 6) is -0.372. The van der Waals surface area contributed by atoms with Crippen LogP contribution in [-0.4, -0.2) is 24.1 Å². The maximum Gasteiger partial charge on any atom is 0.347 e. The van der Waals surface area contributed by atoms with Gasteiger partial charge in [0.2, 0.25) is 6.10 Å². The predicted octanol–water partition coefficient (Wildman–Crippen LogP) is 3.13. The minimum atomic E-state index is -0.818. The van der Waals surface area contributed by atoms with Gasteiger partial charge in [0.05, 0.1) is 5.56 Å². The third-order valence-corrected chi connectivity index (χ3v) is 3.71. The Hall–Kier alpha value is -2.82. The maximum absolute atomic E-state index is 12.1. The number of ether oxygens (including phenoxy) is 3.